The van der Waals surface area contributed by atoms with Crippen LogP contribution in [0.5, 0.6) is 0 Å². The average Bonchev–Trinajstić information content (AvgIpc) is 2.64. The van der Waals surface area contributed by atoms with Gasteiger partial charge in [0.1, 0.15) is 11.5 Å². The van der Waals surface area contributed by atoms with Gasteiger partial charge in [0.25, 0.3) is 0 Å². The maximum Gasteiger partial charge on any atom is 0.354 e. The third-order valence-electron chi connectivity index (χ3n) is 2.97. The van der Waals surface area contributed by atoms with Gasteiger partial charge >= 0.3 is 5.97 Å². The van der Waals surface area contributed by atoms with Gasteiger partial charge in [0.15, 0.2) is 0 Å². The number of aryl methyl sites for hydroxylation is 2. The van der Waals surface area contributed by atoms with E-state index in [-0.39, 0.29) is 5.69 Å². The first-order chi connectivity index (χ1) is 8.00. The number of rotatable bonds is 2. The molecule has 0 aliphatic rings. The molecule has 0 saturated carbocycles. The van der Waals surface area contributed by atoms with Crippen molar-refractivity contribution in [2.45, 2.75) is 13.8 Å². The molecule has 1 N–H and O–H groups in total. The van der Waals surface area contributed by atoms with Crippen LogP contribution in [-0.4, -0.2) is 20.6 Å². The molecule has 17 heavy (non-hydrogen) atoms. The Morgan fingerprint density at radius 3 is 2.53 bits per heavy atom. The van der Waals surface area contributed by atoms with Crippen LogP contribution >= 0.6 is 0 Å². The van der Waals surface area contributed by atoms with Crippen molar-refractivity contribution < 1.29 is 9.90 Å². The van der Waals surface area contributed by atoms with Gasteiger partial charge in [-0.15, -0.1) is 0 Å². The van der Waals surface area contributed by atoms with Crippen molar-refractivity contribution in [1.29, 1.82) is 0 Å². The second kappa shape index (κ2) is 4.05. The minimum Gasteiger partial charge on any atom is -0.477 e. The van der Waals surface area contributed by atoms with E-state index in [4.69, 9.17) is 5.11 Å². The molecule has 0 radical (unpaired) electrons. The van der Waals surface area contributed by atoms with Crippen LogP contribution in [0.25, 0.3) is 11.4 Å². The number of hydrogen-bond acceptors (Lipinski definition) is 2. The van der Waals surface area contributed by atoms with Crippen LogP contribution in [0.3, 0.4) is 0 Å². The third-order valence-corrected chi connectivity index (χ3v) is 2.97. The van der Waals surface area contributed by atoms with Gasteiger partial charge in [-0.1, -0.05) is 12.1 Å². The second-order valence-electron chi connectivity index (χ2n) is 4.13. The third kappa shape index (κ3) is 1.93. The first kappa shape index (κ1) is 11.4. The van der Waals surface area contributed by atoms with Crippen molar-refractivity contribution in [3.8, 4) is 11.4 Å². The van der Waals surface area contributed by atoms with Crippen molar-refractivity contribution in [1.82, 2.24) is 9.55 Å². The number of nitrogens with zero attached hydrogens (tertiary/aromatic N) is 2. The summed E-state index contributed by atoms with van der Waals surface area (Å²) >= 11 is 0. The molecule has 88 valence electrons. The van der Waals surface area contributed by atoms with Crippen LogP contribution in [0.1, 0.15) is 21.6 Å². The Morgan fingerprint density at radius 1 is 1.29 bits per heavy atom. The highest BCUT2D eigenvalue weighted by molar-refractivity contribution is 5.86. The highest BCUT2D eigenvalue weighted by Crippen LogP contribution is 2.21. The molecule has 0 fully saturated rings. The molecule has 0 aliphatic carbocycles. The van der Waals surface area contributed by atoms with Crippen molar-refractivity contribution in [2.24, 2.45) is 7.05 Å². The summed E-state index contributed by atoms with van der Waals surface area (Å²) in [6, 6.07) is 5.99. The van der Waals surface area contributed by atoms with Crippen LogP contribution in [0.2, 0.25) is 0 Å². The minimum absolute atomic E-state index is 0.193. The summed E-state index contributed by atoms with van der Waals surface area (Å²) in [5, 5.41) is 8.96. The SMILES string of the molecule is Cc1ccc(-c2ncc(C(=O)O)n2C)cc1C. The summed E-state index contributed by atoms with van der Waals surface area (Å²) in [7, 11) is 1.71. The first-order valence-corrected chi connectivity index (χ1v) is 5.33. The van der Waals surface area contributed by atoms with Crippen LogP contribution in [0, 0.1) is 13.8 Å². The lowest BCUT2D eigenvalue weighted by atomic mass is 10.1. The molecule has 4 nitrogen and oxygen atoms in total. The van der Waals surface area contributed by atoms with E-state index in [2.05, 4.69) is 4.98 Å². The lowest BCUT2D eigenvalue weighted by molar-refractivity contribution is 0.0686. The predicted molar refractivity (Wildman–Crippen MR) is 65.1 cm³/mol. The van der Waals surface area contributed by atoms with Gasteiger partial charge in [-0.3, -0.25) is 0 Å². The average molecular weight is 230 g/mol. The number of imidazole rings is 1. The number of aromatic carboxylic acids is 1. The Kier molecular flexibility index (Phi) is 2.71. The molecule has 0 spiro atoms. The van der Waals surface area contributed by atoms with Gasteiger partial charge in [-0.25, -0.2) is 9.78 Å². The predicted octanol–water partition coefficient (Wildman–Crippen LogP) is 2.40. The van der Waals surface area contributed by atoms with Crippen molar-refractivity contribution in [3.05, 3.63) is 41.2 Å². The second-order valence-corrected chi connectivity index (χ2v) is 4.13. The lowest BCUT2D eigenvalue weighted by Crippen LogP contribution is -2.05. The number of aromatic nitrogens is 2. The zero-order valence-electron chi connectivity index (χ0n) is 10.1. The quantitative estimate of drug-likeness (QED) is 0.861. The fourth-order valence-electron chi connectivity index (χ4n) is 1.76. The fraction of sp³-hybridized carbons (Fsp3) is 0.231. The molecular formula is C13H14N2O2. The van der Waals surface area contributed by atoms with Crippen LogP contribution in [-0.2, 0) is 7.05 Å². The number of carbonyl (C=O) groups is 1. The highest BCUT2D eigenvalue weighted by atomic mass is 16.4. The first-order valence-electron chi connectivity index (χ1n) is 5.33. The monoisotopic (exact) mass is 230 g/mol. The molecule has 0 aliphatic heterocycles. The Morgan fingerprint density at radius 2 is 2.00 bits per heavy atom. The van der Waals surface area contributed by atoms with Crippen molar-refractivity contribution in [2.75, 3.05) is 0 Å². The molecule has 0 bridgehead atoms. The molecule has 0 unspecified atom stereocenters. The van der Waals surface area contributed by atoms with Crippen LogP contribution in [0.4, 0.5) is 0 Å². The van der Waals surface area contributed by atoms with Crippen LogP contribution < -0.4 is 0 Å². The van der Waals surface area contributed by atoms with E-state index >= 15 is 0 Å². The van der Waals surface area contributed by atoms with E-state index in [1.54, 1.807) is 11.6 Å². The van der Waals surface area contributed by atoms with Gasteiger partial charge < -0.3 is 9.67 Å². The standard InChI is InChI=1S/C13H14N2O2/c1-8-4-5-10(6-9(8)2)12-14-7-11(13(16)17)15(12)3/h4-7H,1-3H3,(H,16,17). The maximum absolute atomic E-state index is 10.9. The van der Waals surface area contributed by atoms with Gasteiger partial charge in [0.05, 0.1) is 6.20 Å². The summed E-state index contributed by atoms with van der Waals surface area (Å²) in [6.45, 7) is 4.07. The summed E-state index contributed by atoms with van der Waals surface area (Å²) in [6.07, 6.45) is 1.38. The summed E-state index contributed by atoms with van der Waals surface area (Å²) in [5.41, 5.74) is 3.50. The summed E-state index contributed by atoms with van der Waals surface area (Å²) in [4.78, 5) is 15.1. The van der Waals surface area contributed by atoms with Gasteiger partial charge in [-0.2, -0.15) is 0 Å². The Hall–Kier alpha value is -2.10. The number of carboxylic acids is 1. The smallest absolute Gasteiger partial charge is 0.354 e. The van der Waals surface area contributed by atoms with Gasteiger partial charge in [0, 0.05) is 12.6 Å². The molecule has 0 amide bonds. The Bertz CT molecular complexity index is 585. The Labute approximate surface area is 99.5 Å². The van der Waals surface area contributed by atoms with Gasteiger partial charge in [0.2, 0.25) is 0 Å². The van der Waals surface area contributed by atoms with E-state index in [1.165, 1.54) is 17.3 Å². The normalized spacial score (nSPS) is 10.5. The molecular weight excluding hydrogens is 216 g/mol. The Balaban J connectivity index is 2.53. The maximum atomic E-state index is 10.9. The van der Waals surface area contributed by atoms with Crippen molar-refractivity contribution >= 4 is 5.97 Å². The molecule has 4 heteroatoms. The lowest BCUT2D eigenvalue weighted by Gasteiger charge is -2.06. The largest absolute Gasteiger partial charge is 0.477 e. The fourth-order valence-corrected chi connectivity index (χ4v) is 1.76. The zero-order chi connectivity index (χ0) is 12.6. The van der Waals surface area contributed by atoms with E-state index in [1.807, 2.05) is 32.0 Å². The molecule has 2 aromatic rings. The molecule has 0 atom stereocenters. The summed E-state index contributed by atoms with van der Waals surface area (Å²) in [5.74, 6) is -0.291. The van der Waals surface area contributed by atoms with E-state index in [9.17, 15) is 4.79 Å². The molecule has 2 rings (SSSR count). The topological polar surface area (TPSA) is 55.1 Å². The summed E-state index contributed by atoms with van der Waals surface area (Å²) < 4.78 is 1.59. The molecule has 1 aromatic carbocycles. The van der Waals surface area contributed by atoms with E-state index in [0.29, 0.717) is 5.82 Å². The minimum atomic E-state index is -0.963. The van der Waals surface area contributed by atoms with Crippen LogP contribution in [0.15, 0.2) is 24.4 Å². The molecule has 1 heterocycles. The highest BCUT2D eigenvalue weighted by Gasteiger charge is 2.13. The number of hydrogen-bond donors (Lipinski definition) is 1. The molecule has 0 saturated heterocycles. The molecule has 1 aromatic heterocycles. The van der Waals surface area contributed by atoms with E-state index < -0.39 is 5.97 Å². The zero-order valence-corrected chi connectivity index (χ0v) is 10.1. The number of carboxylic acid groups (broad SMARTS) is 1. The number of benzene rings is 1. The van der Waals surface area contributed by atoms with Crippen molar-refractivity contribution in [3.63, 3.8) is 0 Å². The van der Waals surface area contributed by atoms with Gasteiger partial charge in [-0.05, 0) is 31.0 Å². The van der Waals surface area contributed by atoms with E-state index in [0.717, 1.165) is 5.56 Å².